The minimum atomic E-state index is -0.0721. The van der Waals surface area contributed by atoms with E-state index < -0.39 is 0 Å². The summed E-state index contributed by atoms with van der Waals surface area (Å²) < 4.78 is 0. The standard InChI is InChI=1S/C16H18N2O/c1-12(2)8-7-11-15-13(3)17-18(16(15)19)14-9-5-4-6-10-14/h4-12H,1-3H3/b8-7+,15-11+. The topological polar surface area (TPSA) is 32.7 Å². The van der Waals surface area contributed by atoms with E-state index in [4.69, 9.17) is 0 Å². The first-order valence-corrected chi connectivity index (χ1v) is 6.43. The molecule has 19 heavy (non-hydrogen) atoms. The van der Waals surface area contributed by atoms with Gasteiger partial charge >= 0.3 is 0 Å². The van der Waals surface area contributed by atoms with Gasteiger partial charge in [0.2, 0.25) is 0 Å². The molecule has 2 rings (SSSR count). The lowest BCUT2D eigenvalue weighted by atomic mass is 10.1. The number of carbonyl (C=O) groups excluding carboxylic acids is 1. The number of benzene rings is 1. The van der Waals surface area contributed by atoms with Crippen LogP contribution in [0.2, 0.25) is 0 Å². The zero-order valence-corrected chi connectivity index (χ0v) is 11.5. The van der Waals surface area contributed by atoms with Gasteiger partial charge in [-0.05, 0) is 31.1 Å². The van der Waals surface area contributed by atoms with E-state index in [9.17, 15) is 4.79 Å². The Morgan fingerprint density at radius 3 is 2.53 bits per heavy atom. The van der Waals surface area contributed by atoms with E-state index in [0.717, 1.165) is 11.4 Å². The smallest absolute Gasteiger partial charge is 0.267 e. The molecule has 0 N–H and O–H groups in total. The minimum absolute atomic E-state index is 0.0721. The molecule has 0 saturated carbocycles. The number of allylic oxidation sites excluding steroid dienone is 3. The number of carbonyl (C=O) groups is 1. The van der Waals surface area contributed by atoms with Crippen molar-refractivity contribution in [3.8, 4) is 0 Å². The molecule has 1 heterocycles. The second-order valence-corrected chi connectivity index (χ2v) is 4.85. The zero-order chi connectivity index (χ0) is 13.8. The monoisotopic (exact) mass is 254 g/mol. The van der Waals surface area contributed by atoms with Crippen LogP contribution in [0.4, 0.5) is 5.69 Å². The minimum Gasteiger partial charge on any atom is -0.267 e. The van der Waals surface area contributed by atoms with Crippen LogP contribution in [0.15, 0.2) is 59.2 Å². The summed E-state index contributed by atoms with van der Waals surface area (Å²) in [6.07, 6.45) is 5.81. The molecule has 0 saturated heterocycles. The second-order valence-electron chi connectivity index (χ2n) is 4.85. The average Bonchev–Trinajstić information content (AvgIpc) is 2.67. The third-order valence-corrected chi connectivity index (χ3v) is 2.82. The predicted octanol–water partition coefficient (Wildman–Crippen LogP) is 3.55. The summed E-state index contributed by atoms with van der Waals surface area (Å²) in [4.78, 5) is 12.3. The maximum absolute atomic E-state index is 12.3. The first kappa shape index (κ1) is 13.3. The fourth-order valence-electron chi connectivity index (χ4n) is 1.83. The number of amides is 1. The third-order valence-electron chi connectivity index (χ3n) is 2.82. The summed E-state index contributed by atoms with van der Waals surface area (Å²) in [6, 6.07) is 9.47. The van der Waals surface area contributed by atoms with Crippen LogP contribution < -0.4 is 5.01 Å². The Morgan fingerprint density at radius 1 is 1.21 bits per heavy atom. The van der Waals surface area contributed by atoms with Crippen molar-refractivity contribution in [2.75, 3.05) is 5.01 Å². The first-order valence-electron chi connectivity index (χ1n) is 6.43. The molecular formula is C16H18N2O. The number of para-hydroxylation sites is 1. The zero-order valence-electron chi connectivity index (χ0n) is 11.5. The summed E-state index contributed by atoms with van der Waals surface area (Å²) >= 11 is 0. The highest BCUT2D eigenvalue weighted by Crippen LogP contribution is 2.23. The van der Waals surface area contributed by atoms with E-state index >= 15 is 0 Å². The highest BCUT2D eigenvalue weighted by atomic mass is 16.2. The van der Waals surface area contributed by atoms with Crippen LogP contribution in [0.3, 0.4) is 0 Å². The molecule has 3 nitrogen and oxygen atoms in total. The molecule has 1 aliphatic heterocycles. The van der Waals surface area contributed by atoms with Gasteiger partial charge in [0.05, 0.1) is 17.0 Å². The fraction of sp³-hybridized carbons (Fsp3) is 0.250. The van der Waals surface area contributed by atoms with E-state index in [2.05, 4.69) is 25.0 Å². The lowest BCUT2D eigenvalue weighted by Crippen LogP contribution is -2.21. The van der Waals surface area contributed by atoms with Gasteiger partial charge in [0.25, 0.3) is 5.91 Å². The molecule has 0 aliphatic carbocycles. The fourth-order valence-corrected chi connectivity index (χ4v) is 1.83. The Bertz CT molecular complexity index is 553. The van der Waals surface area contributed by atoms with Gasteiger partial charge in [-0.2, -0.15) is 10.1 Å². The Morgan fingerprint density at radius 2 is 1.89 bits per heavy atom. The van der Waals surface area contributed by atoms with Crippen LogP contribution >= 0.6 is 0 Å². The van der Waals surface area contributed by atoms with Crippen LogP contribution in [-0.2, 0) is 4.79 Å². The van der Waals surface area contributed by atoms with E-state index in [0.29, 0.717) is 11.5 Å². The van der Waals surface area contributed by atoms with E-state index in [1.165, 1.54) is 5.01 Å². The summed E-state index contributed by atoms with van der Waals surface area (Å²) in [7, 11) is 0. The van der Waals surface area contributed by atoms with E-state index in [-0.39, 0.29) is 5.91 Å². The Kier molecular flexibility index (Phi) is 3.95. The molecule has 1 amide bonds. The lowest BCUT2D eigenvalue weighted by Gasteiger charge is -2.10. The van der Waals surface area contributed by atoms with Crippen molar-refractivity contribution in [3.63, 3.8) is 0 Å². The molecule has 98 valence electrons. The van der Waals surface area contributed by atoms with Crippen LogP contribution in [0.1, 0.15) is 20.8 Å². The third kappa shape index (κ3) is 2.99. The quantitative estimate of drug-likeness (QED) is 0.759. The number of anilines is 1. The van der Waals surface area contributed by atoms with Gasteiger partial charge in [0.1, 0.15) is 0 Å². The average molecular weight is 254 g/mol. The van der Waals surface area contributed by atoms with Crippen molar-refractivity contribution >= 4 is 17.3 Å². The van der Waals surface area contributed by atoms with Crippen molar-refractivity contribution in [2.24, 2.45) is 11.0 Å². The molecule has 0 atom stereocenters. The van der Waals surface area contributed by atoms with Crippen LogP contribution in [0.25, 0.3) is 0 Å². The van der Waals surface area contributed by atoms with Crippen LogP contribution in [-0.4, -0.2) is 11.6 Å². The van der Waals surface area contributed by atoms with Gasteiger partial charge < -0.3 is 0 Å². The SMILES string of the molecule is CC1=NN(c2ccccc2)C(=O)/C1=C/C=C/C(C)C. The number of rotatable bonds is 3. The molecule has 1 aromatic carbocycles. The number of hydrogen-bond acceptors (Lipinski definition) is 2. The van der Waals surface area contributed by atoms with Gasteiger partial charge in [0.15, 0.2) is 0 Å². The van der Waals surface area contributed by atoms with Gasteiger partial charge in [-0.15, -0.1) is 0 Å². The molecule has 1 aliphatic rings. The molecule has 0 spiro atoms. The van der Waals surface area contributed by atoms with Crippen molar-refractivity contribution in [1.82, 2.24) is 0 Å². The van der Waals surface area contributed by atoms with Crippen molar-refractivity contribution in [1.29, 1.82) is 0 Å². The van der Waals surface area contributed by atoms with E-state index in [1.807, 2.05) is 49.4 Å². The molecule has 0 fully saturated rings. The van der Waals surface area contributed by atoms with Crippen LogP contribution in [0, 0.1) is 5.92 Å². The molecule has 0 bridgehead atoms. The van der Waals surface area contributed by atoms with Gasteiger partial charge in [0, 0.05) is 0 Å². The maximum Gasteiger partial charge on any atom is 0.280 e. The normalized spacial score (nSPS) is 17.9. The van der Waals surface area contributed by atoms with Gasteiger partial charge in [-0.25, -0.2) is 0 Å². The van der Waals surface area contributed by atoms with Crippen molar-refractivity contribution < 1.29 is 4.79 Å². The number of nitrogens with zero attached hydrogens (tertiary/aromatic N) is 2. The summed E-state index contributed by atoms with van der Waals surface area (Å²) in [5, 5.41) is 5.77. The Balaban J connectivity index is 2.24. The molecule has 0 aromatic heterocycles. The summed E-state index contributed by atoms with van der Waals surface area (Å²) in [6.45, 7) is 6.06. The van der Waals surface area contributed by atoms with Gasteiger partial charge in [-0.1, -0.05) is 44.2 Å². The molecule has 3 heteroatoms. The maximum atomic E-state index is 12.3. The Labute approximate surface area is 113 Å². The lowest BCUT2D eigenvalue weighted by molar-refractivity contribution is -0.114. The predicted molar refractivity (Wildman–Crippen MR) is 79.1 cm³/mol. The molecule has 0 unspecified atom stereocenters. The van der Waals surface area contributed by atoms with E-state index in [1.54, 1.807) is 0 Å². The molecule has 1 aromatic rings. The summed E-state index contributed by atoms with van der Waals surface area (Å²) in [5.74, 6) is 0.396. The molecule has 0 radical (unpaired) electrons. The highest BCUT2D eigenvalue weighted by molar-refractivity contribution is 6.29. The molecular weight excluding hydrogens is 236 g/mol. The number of hydrogen-bond donors (Lipinski definition) is 0. The second kappa shape index (κ2) is 5.65. The highest BCUT2D eigenvalue weighted by Gasteiger charge is 2.27. The summed E-state index contributed by atoms with van der Waals surface area (Å²) in [5.41, 5.74) is 2.20. The first-order chi connectivity index (χ1) is 9.09. The largest absolute Gasteiger partial charge is 0.280 e. The van der Waals surface area contributed by atoms with Crippen molar-refractivity contribution in [2.45, 2.75) is 20.8 Å². The van der Waals surface area contributed by atoms with Crippen LogP contribution in [0.5, 0.6) is 0 Å². The number of hydrazone groups is 1. The van der Waals surface area contributed by atoms with Crippen molar-refractivity contribution in [3.05, 3.63) is 54.1 Å². The Hall–Kier alpha value is -2.16. The van der Waals surface area contributed by atoms with Gasteiger partial charge in [-0.3, -0.25) is 4.79 Å².